The Morgan fingerprint density at radius 1 is 1.21 bits per heavy atom. The molecule has 1 fully saturated rings. The van der Waals surface area contributed by atoms with Crippen LogP contribution in [0.1, 0.15) is 31.4 Å². The summed E-state index contributed by atoms with van der Waals surface area (Å²) in [6.07, 6.45) is 0.218. The Kier molecular flexibility index (Phi) is 6.93. The van der Waals surface area contributed by atoms with E-state index in [1.54, 1.807) is 17.0 Å². The molecule has 1 aliphatic rings. The SMILES string of the molecule is CC(C)N(C)Cc1ccccc1CNC(=O)C1CC(=O)N(c2cccc(Cl)c2)C1. The maximum absolute atomic E-state index is 12.7. The number of benzene rings is 2. The molecule has 0 bridgehead atoms. The summed E-state index contributed by atoms with van der Waals surface area (Å²) in [6.45, 7) is 5.99. The summed E-state index contributed by atoms with van der Waals surface area (Å²) in [6, 6.07) is 15.8. The van der Waals surface area contributed by atoms with E-state index in [2.05, 4.69) is 37.2 Å². The van der Waals surface area contributed by atoms with Gasteiger partial charge in [-0.25, -0.2) is 0 Å². The largest absolute Gasteiger partial charge is 0.352 e. The van der Waals surface area contributed by atoms with Gasteiger partial charge in [0.1, 0.15) is 0 Å². The zero-order chi connectivity index (χ0) is 21.0. The van der Waals surface area contributed by atoms with E-state index in [-0.39, 0.29) is 24.2 Å². The number of anilines is 1. The van der Waals surface area contributed by atoms with Gasteiger partial charge in [0.2, 0.25) is 11.8 Å². The van der Waals surface area contributed by atoms with Crippen LogP contribution in [0.4, 0.5) is 5.69 Å². The van der Waals surface area contributed by atoms with Crippen molar-refractivity contribution < 1.29 is 9.59 Å². The summed E-state index contributed by atoms with van der Waals surface area (Å²) >= 11 is 6.04. The lowest BCUT2D eigenvalue weighted by molar-refractivity contribution is -0.126. The maximum atomic E-state index is 12.7. The van der Waals surface area contributed by atoms with Crippen LogP contribution in [0.2, 0.25) is 5.02 Å². The Balaban J connectivity index is 1.61. The second-order valence-corrected chi connectivity index (χ2v) is 8.32. The predicted molar refractivity (Wildman–Crippen MR) is 117 cm³/mol. The van der Waals surface area contributed by atoms with Crippen molar-refractivity contribution in [3.63, 3.8) is 0 Å². The molecule has 2 amide bonds. The van der Waals surface area contributed by atoms with Crippen LogP contribution in [0.25, 0.3) is 0 Å². The average Bonchev–Trinajstić information content (AvgIpc) is 3.08. The number of carbonyl (C=O) groups is 2. The number of rotatable bonds is 7. The molecular formula is C23H28ClN3O2. The van der Waals surface area contributed by atoms with E-state index in [0.29, 0.717) is 24.2 Å². The summed E-state index contributed by atoms with van der Waals surface area (Å²) in [7, 11) is 2.09. The highest BCUT2D eigenvalue weighted by molar-refractivity contribution is 6.31. The van der Waals surface area contributed by atoms with Gasteiger partial charge in [-0.15, -0.1) is 0 Å². The second-order valence-electron chi connectivity index (χ2n) is 7.88. The molecule has 0 aromatic heterocycles. The maximum Gasteiger partial charge on any atom is 0.227 e. The molecule has 1 atom stereocenters. The highest BCUT2D eigenvalue weighted by atomic mass is 35.5. The molecule has 0 spiro atoms. The molecule has 3 rings (SSSR count). The summed E-state index contributed by atoms with van der Waals surface area (Å²) in [5.41, 5.74) is 3.04. The Bertz CT molecular complexity index is 884. The topological polar surface area (TPSA) is 52.7 Å². The molecule has 1 unspecified atom stereocenters. The zero-order valence-electron chi connectivity index (χ0n) is 17.2. The third-order valence-electron chi connectivity index (χ3n) is 5.49. The van der Waals surface area contributed by atoms with Crippen LogP contribution < -0.4 is 10.2 Å². The fraction of sp³-hybridized carbons (Fsp3) is 0.391. The van der Waals surface area contributed by atoms with Crippen molar-refractivity contribution in [1.29, 1.82) is 0 Å². The molecule has 0 saturated carbocycles. The van der Waals surface area contributed by atoms with E-state index < -0.39 is 0 Å². The van der Waals surface area contributed by atoms with Gasteiger partial charge in [-0.05, 0) is 50.2 Å². The summed E-state index contributed by atoms with van der Waals surface area (Å²) in [5.74, 6) is -0.492. The molecule has 29 heavy (non-hydrogen) atoms. The number of hydrogen-bond acceptors (Lipinski definition) is 3. The number of nitrogens with zero attached hydrogens (tertiary/aromatic N) is 2. The van der Waals surface area contributed by atoms with Crippen molar-refractivity contribution >= 4 is 29.1 Å². The zero-order valence-corrected chi connectivity index (χ0v) is 17.9. The lowest BCUT2D eigenvalue weighted by atomic mass is 10.1. The highest BCUT2D eigenvalue weighted by Crippen LogP contribution is 2.27. The molecule has 6 heteroatoms. The van der Waals surface area contributed by atoms with Crippen LogP contribution >= 0.6 is 11.6 Å². The Labute approximate surface area is 177 Å². The van der Waals surface area contributed by atoms with Gasteiger partial charge in [0.25, 0.3) is 0 Å². The van der Waals surface area contributed by atoms with E-state index in [1.165, 1.54) is 5.56 Å². The fourth-order valence-electron chi connectivity index (χ4n) is 3.44. The van der Waals surface area contributed by atoms with E-state index in [1.807, 2.05) is 30.3 Å². The molecule has 1 saturated heterocycles. The van der Waals surface area contributed by atoms with Gasteiger partial charge in [0, 0.05) is 42.8 Å². The number of nitrogens with one attached hydrogen (secondary N) is 1. The van der Waals surface area contributed by atoms with Crippen molar-refractivity contribution in [2.75, 3.05) is 18.5 Å². The molecule has 2 aromatic carbocycles. The first kappa shape index (κ1) is 21.3. The first-order valence-corrected chi connectivity index (χ1v) is 10.3. The van der Waals surface area contributed by atoms with Gasteiger partial charge in [-0.2, -0.15) is 0 Å². The third kappa shape index (κ3) is 5.37. The minimum atomic E-state index is -0.355. The molecule has 1 heterocycles. The smallest absolute Gasteiger partial charge is 0.227 e. The first-order valence-electron chi connectivity index (χ1n) is 9.96. The van der Waals surface area contributed by atoms with E-state index in [4.69, 9.17) is 11.6 Å². The average molecular weight is 414 g/mol. The van der Waals surface area contributed by atoms with E-state index >= 15 is 0 Å². The van der Waals surface area contributed by atoms with Gasteiger partial charge in [0.05, 0.1) is 5.92 Å². The number of carbonyl (C=O) groups excluding carboxylic acids is 2. The summed E-state index contributed by atoms with van der Waals surface area (Å²) in [4.78, 5) is 29.0. The van der Waals surface area contributed by atoms with Crippen LogP contribution in [0.15, 0.2) is 48.5 Å². The predicted octanol–water partition coefficient (Wildman–Crippen LogP) is 3.85. The molecule has 0 radical (unpaired) electrons. The third-order valence-corrected chi connectivity index (χ3v) is 5.72. The fourth-order valence-corrected chi connectivity index (χ4v) is 3.62. The number of amides is 2. The summed E-state index contributed by atoms with van der Waals surface area (Å²) < 4.78 is 0. The van der Waals surface area contributed by atoms with Crippen LogP contribution in [0, 0.1) is 5.92 Å². The Hall–Kier alpha value is -2.37. The normalized spacial score (nSPS) is 16.7. The molecule has 1 aliphatic heterocycles. The molecule has 2 aromatic rings. The van der Waals surface area contributed by atoms with Crippen LogP contribution in [-0.2, 0) is 22.7 Å². The van der Waals surface area contributed by atoms with Crippen molar-refractivity contribution in [1.82, 2.24) is 10.2 Å². The quantitative estimate of drug-likeness (QED) is 0.750. The molecule has 154 valence electrons. The van der Waals surface area contributed by atoms with Crippen molar-refractivity contribution in [3.05, 3.63) is 64.7 Å². The highest BCUT2D eigenvalue weighted by Gasteiger charge is 2.35. The molecule has 1 N–H and O–H groups in total. The van der Waals surface area contributed by atoms with Crippen LogP contribution in [0.5, 0.6) is 0 Å². The second kappa shape index (κ2) is 9.42. The monoisotopic (exact) mass is 413 g/mol. The van der Waals surface area contributed by atoms with Gasteiger partial charge >= 0.3 is 0 Å². The van der Waals surface area contributed by atoms with Crippen LogP contribution in [-0.4, -0.2) is 36.3 Å². The minimum absolute atomic E-state index is 0.0497. The van der Waals surface area contributed by atoms with Crippen molar-refractivity contribution in [2.24, 2.45) is 5.92 Å². The molecule has 5 nitrogen and oxygen atoms in total. The standard InChI is InChI=1S/C23H28ClN3O2/c1-16(2)26(3)14-18-8-5-4-7-17(18)13-25-23(29)19-11-22(28)27(15-19)21-10-6-9-20(24)12-21/h4-10,12,16,19H,11,13-15H2,1-3H3,(H,25,29). The summed E-state index contributed by atoms with van der Waals surface area (Å²) in [5, 5.41) is 3.60. The van der Waals surface area contributed by atoms with Gasteiger partial charge in [0.15, 0.2) is 0 Å². The first-order chi connectivity index (χ1) is 13.8. The van der Waals surface area contributed by atoms with Crippen LogP contribution in [0.3, 0.4) is 0 Å². The van der Waals surface area contributed by atoms with Crippen molar-refractivity contribution in [3.8, 4) is 0 Å². The van der Waals surface area contributed by atoms with Gasteiger partial charge in [-0.1, -0.05) is 41.9 Å². The molecule has 0 aliphatic carbocycles. The number of halogens is 1. The Morgan fingerprint density at radius 3 is 2.62 bits per heavy atom. The lowest BCUT2D eigenvalue weighted by Gasteiger charge is -2.23. The van der Waals surface area contributed by atoms with E-state index in [9.17, 15) is 9.59 Å². The Morgan fingerprint density at radius 2 is 1.93 bits per heavy atom. The van der Waals surface area contributed by atoms with Gasteiger partial charge < -0.3 is 10.2 Å². The molecular weight excluding hydrogens is 386 g/mol. The van der Waals surface area contributed by atoms with Crippen molar-refractivity contribution in [2.45, 2.75) is 39.4 Å². The lowest BCUT2D eigenvalue weighted by Crippen LogP contribution is -2.33. The number of hydrogen-bond donors (Lipinski definition) is 1. The van der Waals surface area contributed by atoms with E-state index in [0.717, 1.165) is 17.8 Å². The van der Waals surface area contributed by atoms with Gasteiger partial charge in [-0.3, -0.25) is 14.5 Å². The minimum Gasteiger partial charge on any atom is -0.352 e.